The molecule has 1 aromatic carbocycles. The van der Waals surface area contributed by atoms with Gasteiger partial charge in [-0.1, -0.05) is 6.07 Å². The predicted octanol–water partition coefficient (Wildman–Crippen LogP) is 1.60. The molecule has 0 saturated heterocycles. The molecule has 0 aliphatic carbocycles. The minimum absolute atomic E-state index is 0.0320. The molecule has 2 aromatic rings. The summed E-state index contributed by atoms with van der Waals surface area (Å²) in [5, 5.41) is 3.94. The van der Waals surface area contributed by atoms with Crippen LogP contribution in [-0.4, -0.2) is 25.3 Å². The second kappa shape index (κ2) is 5.65. The van der Waals surface area contributed by atoms with Crippen LogP contribution in [0.1, 0.15) is 12.5 Å². The second-order valence-electron chi connectivity index (χ2n) is 4.54. The molecule has 3 N–H and O–H groups in total. The zero-order valence-corrected chi connectivity index (χ0v) is 12.9. The van der Waals surface area contributed by atoms with E-state index in [2.05, 4.69) is 9.82 Å². The van der Waals surface area contributed by atoms with Crippen molar-refractivity contribution in [1.82, 2.24) is 9.78 Å². The standard InChI is InChI=1S/C13H18N4O3S/c1-4-17-8-12(13(14)15-17)21(18,19)16-10-6-5-9(2)7-11(10)20-3/h5-8,16H,4H2,1-3H3,(H2,14,15). The molecule has 0 fully saturated rings. The molecule has 7 nitrogen and oxygen atoms in total. The third-order valence-electron chi connectivity index (χ3n) is 2.97. The van der Waals surface area contributed by atoms with Crippen molar-refractivity contribution in [3.63, 3.8) is 0 Å². The van der Waals surface area contributed by atoms with Crippen LogP contribution in [0.5, 0.6) is 5.75 Å². The summed E-state index contributed by atoms with van der Waals surface area (Å²) in [4.78, 5) is -0.0491. The molecule has 8 heteroatoms. The summed E-state index contributed by atoms with van der Waals surface area (Å²) in [5.41, 5.74) is 6.99. The summed E-state index contributed by atoms with van der Waals surface area (Å²) in [7, 11) is -2.33. The minimum Gasteiger partial charge on any atom is -0.495 e. The third-order valence-corrected chi connectivity index (χ3v) is 4.35. The van der Waals surface area contributed by atoms with Gasteiger partial charge in [0.25, 0.3) is 10.0 Å². The summed E-state index contributed by atoms with van der Waals surface area (Å²) >= 11 is 0. The number of nitrogens with one attached hydrogen (secondary N) is 1. The lowest BCUT2D eigenvalue weighted by molar-refractivity contribution is 0.416. The van der Waals surface area contributed by atoms with E-state index in [1.807, 2.05) is 13.8 Å². The number of nitrogens with two attached hydrogens (primary N) is 1. The number of hydrogen-bond donors (Lipinski definition) is 2. The lowest BCUT2D eigenvalue weighted by Gasteiger charge is -2.11. The number of nitrogen functional groups attached to an aromatic ring is 1. The Kier molecular flexibility index (Phi) is 4.08. The van der Waals surface area contributed by atoms with Crippen LogP contribution in [0.3, 0.4) is 0 Å². The van der Waals surface area contributed by atoms with Crippen LogP contribution in [-0.2, 0) is 16.6 Å². The van der Waals surface area contributed by atoms with Crippen molar-refractivity contribution in [3.05, 3.63) is 30.0 Å². The molecule has 1 aromatic heterocycles. The summed E-state index contributed by atoms with van der Waals surface area (Å²) in [6, 6.07) is 5.18. The van der Waals surface area contributed by atoms with E-state index in [-0.39, 0.29) is 10.7 Å². The van der Waals surface area contributed by atoms with Crippen molar-refractivity contribution in [2.75, 3.05) is 17.6 Å². The van der Waals surface area contributed by atoms with E-state index in [0.29, 0.717) is 18.0 Å². The summed E-state index contributed by atoms with van der Waals surface area (Å²) < 4.78 is 33.9. The third kappa shape index (κ3) is 3.10. The maximum Gasteiger partial charge on any atom is 0.267 e. The number of aromatic nitrogens is 2. The van der Waals surface area contributed by atoms with Crippen molar-refractivity contribution in [2.45, 2.75) is 25.3 Å². The first-order valence-corrected chi connectivity index (χ1v) is 7.86. The molecule has 0 bridgehead atoms. The maximum atomic E-state index is 12.4. The summed E-state index contributed by atoms with van der Waals surface area (Å²) in [5.74, 6) is 0.412. The number of nitrogens with zero attached hydrogens (tertiary/aromatic N) is 2. The Hall–Kier alpha value is -2.22. The molecule has 0 saturated carbocycles. The zero-order chi connectivity index (χ0) is 15.6. The molecule has 21 heavy (non-hydrogen) atoms. The maximum absolute atomic E-state index is 12.4. The summed E-state index contributed by atoms with van der Waals surface area (Å²) in [6.45, 7) is 4.27. The van der Waals surface area contributed by atoms with Gasteiger partial charge < -0.3 is 10.5 Å². The van der Waals surface area contributed by atoms with E-state index < -0.39 is 10.0 Å². The smallest absolute Gasteiger partial charge is 0.267 e. The Balaban J connectivity index is 2.39. The van der Waals surface area contributed by atoms with Gasteiger partial charge in [-0.3, -0.25) is 9.40 Å². The number of anilines is 2. The predicted molar refractivity (Wildman–Crippen MR) is 80.9 cm³/mol. The summed E-state index contributed by atoms with van der Waals surface area (Å²) in [6.07, 6.45) is 1.40. The van der Waals surface area contributed by atoms with Crippen LogP contribution in [0.2, 0.25) is 0 Å². The molecule has 0 amide bonds. The molecule has 0 radical (unpaired) electrons. The van der Waals surface area contributed by atoms with E-state index in [9.17, 15) is 8.42 Å². The molecule has 0 aliphatic rings. The second-order valence-corrected chi connectivity index (χ2v) is 6.19. The highest BCUT2D eigenvalue weighted by molar-refractivity contribution is 7.92. The van der Waals surface area contributed by atoms with Gasteiger partial charge in [0.2, 0.25) is 0 Å². The quantitative estimate of drug-likeness (QED) is 0.874. The highest BCUT2D eigenvalue weighted by Crippen LogP contribution is 2.28. The highest BCUT2D eigenvalue weighted by Gasteiger charge is 2.22. The largest absolute Gasteiger partial charge is 0.495 e. The Morgan fingerprint density at radius 3 is 2.71 bits per heavy atom. The monoisotopic (exact) mass is 310 g/mol. The van der Waals surface area contributed by atoms with Gasteiger partial charge >= 0.3 is 0 Å². The van der Waals surface area contributed by atoms with E-state index in [1.54, 1.807) is 18.2 Å². The highest BCUT2D eigenvalue weighted by atomic mass is 32.2. The number of hydrogen-bond acceptors (Lipinski definition) is 5. The van der Waals surface area contributed by atoms with Crippen molar-refractivity contribution in [2.24, 2.45) is 0 Å². The van der Waals surface area contributed by atoms with Crippen molar-refractivity contribution in [1.29, 1.82) is 0 Å². The molecule has 1 heterocycles. The van der Waals surface area contributed by atoms with Gasteiger partial charge in [0.1, 0.15) is 10.6 Å². The van der Waals surface area contributed by atoms with Crippen molar-refractivity contribution >= 4 is 21.5 Å². The van der Waals surface area contributed by atoms with Gasteiger partial charge in [-0.2, -0.15) is 5.10 Å². The molecule has 114 valence electrons. The van der Waals surface area contributed by atoms with Crippen LogP contribution < -0.4 is 15.2 Å². The van der Waals surface area contributed by atoms with E-state index in [1.165, 1.54) is 18.0 Å². The molecule has 0 unspecified atom stereocenters. The van der Waals surface area contributed by atoms with Gasteiger partial charge in [-0.15, -0.1) is 0 Å². The van der Waals surface area contributed by atoms with E-state index in [4.69, 9.17) is 10.5 Å². The number of methoxy groups -OCH3 is 1. The fourth-order valence-electron chi connectivity index (χ4n) is 1.87. The fourth-order valence-corrected chi connectivity index (χ4v) is 3.01. The Bertz CT molecular complexity index is 753. The van der Waals surface area contributed by atoms with Gasteiger partial charge in [-0.25, -0.2) is 8.42 Å². The number of ether oxygens (including phenoxy) is 1. The normalized spacial score (nSPS) is 11.4. The van der Waals surface area contributed by atoms with E-state index in [0.717, 1.165) is 5.56 Å². The number of rotatable bonds is 5. The Labute approximate surface area is 123 Å². The first-order chi connectivity index (χ1) is 9.87. The topological polar surface area (TPSA) is 99.2 Å². The van der Waals surface area contributed by atoms with Gasteiger partial charge in [0.15, 0.2) is 5.82 Å². The van der Waals surface area contributed by atoms with Crippen LogP contribution in [0.25, 0.3) is 0 Å². The van der Waals surface area contributed by atoms with E-state index >= 15 is 0 Å². The molecule has 2 rings (SSSR count). The van der Waals surface area contributed by atoms with Gasteiger partial charge in [0.05, 0.1) is 12.8 Å². The molecular formula is C13H18N4O3S. The SMILES string of the molecule is CCn1cc(S(=O)(=O)Nc2ccc(C)cc2OC)c(N)n1. The fraction of sp³-hybridized carbons (Fsp3) is 0.308. The number of benzene rings is 1. The van der Waals surface area contributed by atoms with Crippen molar-refractivity contribution < 1.29 is 13.2 Å². The van der Waals surface area contributed by atoms with Crippen molar-refractivity contribution in [3.8, 4) is 5.75 Å². The lowest BCUT2D eigenvalue weighted by Crippen LogP contribution is -2.14. The van der Waals surface area contributed by atoms with Gasteiger partial charge in [-0.05, 0) is 31.5 Å². The average Bonchev–Trinajstić information content (AvgIpc) is 2.82. The number of aryl methyl sites for hydroxylation is 2. The van der Waals surface area contributed by atoms with Gasteiger partial charge in [0, 0.05) is 12.7 Å². The van der Waals surface area contributed by atoms with Crippen LogP contribution in [0.4, 0.5) is 11.5 Å². The molecule has 0 spiro atoms. The molecular weight excluding hydrogens is 292 g/mol. The Morgan fingerprint density at radius 2 is 2.14 bits per heavy atom. The average molecular weight is 310 g/mol. The number of sulfonamides is 1. The minimum atomic E-state index is -3.82. The molecule has 0 atom stereocenters. The first kappa shape index (κ1) is 15.2. The van der Waals surface area contributed by atoms with Crippen LogP contribution in [0.15, 0.2) is 29.3 Å². The van der Waals surface area contributed by atoms with Crippen LogP contribution >= 0.6 is 0 Å². The molecule has 0 aliphatic heterocycles. The first-order valence-electron chi connectivity index (χ1n) is 6.37. The zero-order valence-electron chi connectivity index (χ0n) is 12.1. The Morgan fingerprint density at radius 1 is 1.43 bits per heavy atom. The van der Waals surface area contributed by atoms with Crippen LogP contribution in [0, 0.1) is 6.92 Å². The lowest BCUT2D eigenvalue weighted by atomic mass is 10.2.